The molecule has 0 aliphatic rings. The molecule has 11 nitrogen and oxygen atoms in total. The molecule has 33 heavy (non-hydrogen) atoms. The third-order valence-electron chi connectivity index (χ3n) is 3.47. The predicted octanol–water partition coefficient (Wildman–Crippen LogP) is 4.43. The number of aliphatic hydroxyl groups is 4. The Kier molecular flexibility index (Phi) is 16.1. The van der Waals surface area contributed by atoms with Crippen LogP contribution in [0.5, 0.6) is 0 Å². The fraction of sp³-hybridized carbons (Fsp3) is 0.600. The summed E-state index contributed by atoms with van der Waals surface area (Å²) in [6.07, 6.45) is 7.11. The molecule has 0 saturated carbocycles. The van der Waals surface area contributed by atoms with Gasteiger partial charge in [0.05, 0.1) is 0 Å². The summed E-state index contributed by atoms with van der Waals surface area (Å²) in [6, 6.07) is 0. The van der Waals surface area contributed by atoms with Crippen LogP contribution in [0, 0.1) is 0 Å². The molecule has 0 aliphatic heterocycles. The second-order valence-electron chi connectivity index (χ2n) is 6.29. The maximum absolute atomic E-state index is 13.5. The second-order valence-corrected chi connectivity index (χ2v) is 9.46. The van der Waals surface area contributed by atoms with Crippen molar-refractivity contribution < 1.29 is 52.0 Å². The van der Waals surface area contributed by atoms with Crippen molar-refractivity contribution in [2.75, 3.05) is 26.4 Å². The number of rotatable bonds is 18. The second kappa shape index (κ2) is 16.9. The Morgan fingerprint density at radius 3 is 0.909 bits per heavy atom. The molecule has 0 unspecified atom stereocenters. The molecule has 0 aromatic heterocycles. The Hall–Kier alpha value is -1.58. The molecule has 0 bridgehead atoms. The van der Waals surface area contributed by atoms with Crippen LogP contribution < -0.4 is 0 Å². The fourth-order valence-electron chi connectivity index (χ4n) is 2.23. The Bertz CT molecular complexity index is 667. The lowest BCUT2D eigenvalue weighted by Crippen LogP contribution is -2.08. The molecule has 4 N–H and O–H groups in total. The van der Waals surface area contributed by atoms with E-state index in [-0.39, 0.29) is 23.0 Å². The van der Waals surface area contributed by atoms with Crippen LogP contribution in [0.25, 0.3) is 0 Å². The van der Waals surface area contributed by atoms with Crippen LogP contribution in [0.1, 0.15) is 53.4 Å². The van der Waals surface area contributed by atoms with Gasteiger partial charge in [0.1, 0.15) is 49.5 Å². The third-order valence-corrected chi connectivity index (χ3v) is 6.90. The van der Waals surface area contributed by atoms with Crippen LogP contribution in [-0.2, 0) is 31.5 Å². The first-order valence-corrected chi connectivity index (χ1v) is 13.5. The van der Waals surface area contributed by atoms with Crippen molar-refractivity contribution in [3.63, 3.8) is 0 Å². The molecule has 0 saturated heterocycles. The summed E-state index contributed by atoms with van der Waals surface area (Å²) in [5.74, 6) is -0.837. The standard InChI is InChI=1S/C20H36O11P2/c1-5-9-17(13-21)27-32(25,28-18(14-22)10-6-2)31-33(26,29-19(15-23)11-7-3)30-20(16-24)12-8-4/h9-12,21-24H,5-8,13-16H2,1-4H3/b17-9+,18-10+,19-11+,20-12+. The van der Waals surface area contributed by atoms with E-state index in [1.54, 1.807) is 27.7 Å². The largest absolute Gasteiger partial charge is 0.597 e. The zero-order chi connectivity index (χ0) is 25.3. The van der Waals surface area contributed by atoms with Gasteiger partial charge in [0, 0.05) is 0 Å². The van der Waals surface area contributed by atoms with E-state index >= 15 is 0 Å². The Balaban J connectivity index is 6.46. The van der Waals surface area contributed by atoms with Gasteiger partial charge in [-0.2, -0.15) is 0 Å². The van der Waals surface area contributed by atoms with Crippen LogP contribution in [0.2, 0.25) is 0 Å². The minimum Gasteiger partial charge on any atom is -0.397 e. The summed E-state index contributed by atoms with van der Waals surface area (Å²) in [7, 11) is -9.81. The van der Waals surface area contributed by atoms with Gasteiger partial charge in [-0.25, -0.2) is 9.13 Å². The molecule has 0 radical (unpaired) electrons. The average Bonchev–Trinajstić information content (AvgIpc) is 2.77. The number of phosphoric ester groups is 2. The van der Waals surface area contributed by atoms with Crippen LogP contribution >= 0.6 is 15.6 Å². The highest BCUT2D eigenvalue weighted by Crippen LogP contribution is 2.68. The number of hydrogen-bond acceptors (Lipinski definition) is 11. The van der Waals surface area contributed by atoms with E-state index in [4.69, 9.17) is 22.4 Å². The van der Waals surface area contributed by atoms with E-state index < -0.39 is 42.1 Å². The van der Waals surface area contributed by atoms with Crippen molar-refractivity contribution in [1.29, 1.82) is 0 Å². The van der Waals surface area contributed by atoms with Crippen molar-refractivity contribution in [1.82, 2.24) is 0 Å². The number of phosphoric acid groups is 2. The SMILES string of the molecule is CC/C=C(\CO)OP(=O)(O/C(=C/CC)CO)OP(=O)(O/C(=C/CC)CO)O/C(=C/CC)CO. The van der Waals surface area contributed by atoms with E-state index in [1.807, 2.05) is 0 Å². The first kappa shape index (κ1) is 31.4. The highest BCUT2D eigenvalue weighted by molar-refractivity contribution is 7.62. The Morgan fingerprint density at radius 2 is 0.758 bits per heavy atom. The lowest BCUT2D eigenvalue weighted by atomic mass is 10.4. The first-order chi connectivity index (χ1) is 15.7. The lowest BCUT2D eigenvalue weighted by molar-refractivity contribution is 0.134. The predicted molar refractivity (Wildman–Crippen MR) is 122 cm³/mol. The molecule has 0 heterocycles. The van der Waals surface area contributed by atoms with E-state index in [9.17, 15) is 29.6 Å². The summed E-state index contributed by atoms with van der Waals surface area (Å²) in [5, 5.41) is 38.1. The molecule has 0 amide bonds. The summed E-state index contributed by atoms with van der Waals surface area (Å²) in [5.41, 5.74) is 0. The quantitative estimate of drug-likeness (QED) is 0.151. The van der Waals surface area contributed by atoms with Gasteiger partial charge >= 0.3 is 15.6 Å². The fourth-order valence-corrected chi connectivity index (χ4v) is 5.50. The molecule has 192 valence electrons. The smallest absolute Gasteiger partial charge is 0.397 e. The van der Waals surface area contributed by atoms with Gasteiger partial charge in [-0.1, -0.05) is 27.7 Å². The normalized spacial score (nSPS) is 15.8. The number of hydrogen-bond donors (Lipinski definition) is 4. The topological polar surface area (TPSA) is 161 Å². The maximum Gasteiger partial charge on any atom is 0.597 e. The van der Waals surface area contributed by atoms with Gasteiger partial charge in [-0.3, -0.25) is 0 Å². The van der Waals surface area contributed by atoms with Gasteiger partial charge in [0.25, 0.3) is 0 Å². The molecule has 0 fully saturated rings. The Morgan fingerprint density at radius 1 is 0.545 bits per heavy atom. The monoisotopic (exact) mass is 514 g/mol. The molecule has 0 rings (SSSR count). The van der Waals surface area contributed by atoms with Gasteiger partial charge < -0.3 is 38.5 Å². The average molecular weight is 514 g/mol. The summed E-state index contributed by atoms with van der Waals surface area (Å²) < 4.78 is 53.1. The van der Waals surface area contributed by atoms with Crippen molar-refractivity contribution >= 4 is 15.6 Å². The van der Waals surface area contributed by atoms with Crippen molar-refractivity contribution in [3.05, 3.63) is 47.3 Å². The molecule has 13 heteroatoms. The summed E-state index contributed by atoms with van der Waals surface area (Å²) in [6.45, 7) is 4.18. The lowest BCUT2D eigenvalue weighted by Gasteiger charge is -2.25. The van der Waals surface area contributed by atoms with Gasteiger partial charge in [0.2, 0.25) is 0 Å². The third kappa shape index (κ3) is 12.5. The molecule has 0 spiro atoms. The van der Waals surface area contributed by atoms with Crippen molar-refractivity contribution in [2.24, 2.45) is 0 Å². The molecule has 0 aromatic rings. The van der Waals surface area contributed by atoms with Crippen molar-refractivity contribution in [3.8, 4) is 0 Å². The van der Waals surface area contributed by atoms with Gasteiger partial charge in [-0.15, -0.1) is 4.31 Å². The van der Waals surface area contributed by atoms with E-state index in [0.29, 0.717) is 25.7 Å². The molecule has 0 atom stereocenters. The van der Waals surface area contributed by atoms with Crippen molar-refractivity contribution in [2.45, 2.75) is 53.4 Å². The number of aliphatic hydroxyl groups excluding tert-OH is 4. The Labute approximate surface area is 195 Å². The first-order valence-electron chi connectivity index (χ1n) is 10.6. The van der Waals surface area contributed by atoms with E-state index in [2.05, 4.69) is 0 Å². The zero-order valence-electron chi connectivity index (χ0n) is 19.5. The highest BCUT2D eigenvalue weighted by Gasteiger charge is 2.47. The van der Waals surface area contributed by atoms with Gasteiger partial charge in [-0.05, 0) is 50.0 Å². The zero-order valence-corrected chi connectivity index (χ0v) is 21.3. The summed E-state index contributed by atoms with van der Waals surface area (Å²) >= 11 is 0. The highest BCUT2D eigenvalue weighted by atomic mass is 31.3. The maximum atomic E-state index is 13.5. The molecule has 0 aliphatic carbocycles. The van der Waals surface area contributed by atoms with Crippen LogP contribution in [0.3, 0.4) is 0 Å². The summed E-state index contributed by atoms with van der Waals surface area (Å²) in [4.78, 5) is 0. The number of allylic oxidation sites excluding steroid dienone is 4. The minimum atomic E-state index is -4.90. The van der Waals surface area contributed by atoms with Crippen LogP contribution in [0.15, 0.2) is 47.3 Å². The molecular formula is C20H36O11P2. The molecule has 0 aromatic carbocycles. The van der Waals surface area contributed by atoms with Gasteiger partial charge in [0.15, 0.2) is 0 Å². The van der Waals surface area contributed by atoms with E-state index in [1.165, 1.54) is 24.3 Å². The van der Waals surface area contributed by atoms with E-state index in [0.717, 1.165) is 0 Å². The minimum absolute atomic E-state index is 0.209. The molecular weight excluding hydrogens is 478 g/mol. The van der Waals surface area contributed by atoms with Crippen LogP contribution in [0.4, 0.5) is 0 Å². The van der Waals surface area contributed by atoms with Crippen LogP contribution in [-0.4, -0.2) is 46.9 Å².